The lowest BCUT2D eigenvalue weighted by molar-refractivity contribution is 0.768. The van der Waals surface area contributed by atoms with Crippen LogP contribution in [0.2, 0.25) is 0 Å². The lowest BCUT2D eigenvalue weighted by Gasteiger charge is -2.34. The lowest BCUT2D eigenvalue weighted by atomic mass is 9.68. The van der Waals surface area contributed by atoms with Crippen molar-refractivity contribution in [1.82, 2.24) is 4.57 Å². The zero-order chi connectivity index (χ0) is 45.5. The molecule has 1 heterocycles. The van der Waals surface area contributed by atoms with Gasteiger partial charge in [0.2, 0.25) is 0 Å². The summed E-state index contributed by atoms with van der Waals surface area (Å²) in [6.07, 6.45) is 0. The molecular formula is C67H44N2. The molecule has 14 rings (SSSR count). The highest BCUT2D eigenvalue weighted by Crippen LogP contribution is 2.56. The second-order valence-electron chi connectivity index (χ2n) is 18.4. The zero-order valence-electron chi connectivity index (χ0n) is 37.8. The number of fused-ring (bicyclic) bond motifs is 12. The standard InChI is InChI=1S/C67H44N2/c1-2-16-47(17-3-1)67(63-26-12-8-22-58(63)59-23-9-13-27-64(59)67)48-34-40-50(41-35-48)68(52-42-43-57-55-20-5-4-18-53(55)54-19-6-7-21-56(54)62(57)44-52)49-36-30-45(31-37-49)46-32-38-51(39-33-46)69-65-28-14-10-24-60(65)61-25-11-15-29-66(61)69/h1-44H. The number of aromatic nitrogens is 1. The molecule has 69 heavy (non-hydrogen) atoms. The predicted molar refractivity (Wildman–Crippen MR) is 291 cm³/mol. The van der Waals surface area contributed by atoms with E-state index in [1.165, 1.54) is 98.6 Å². The van der Waals surface area contributed by atoms with E-state index in [9.17, 15) is 0 Å². The van der Waals surface area contributed by atoms with Gasteiger partial charge in [-0.25, -0.2) is 0 Å². The second-order valence-corrected chi connectivity index (χ2v) is 18.4. The summed E-state index contributed by atoms with van der Waals surface area (Å²) in [6, 6.07) is 98.6. The number of benzene rings is 12. The van der Waals surface area contributed by atoms with E-state index in [0.29, 0.717) is 0 Å². The molecule has 0 amide bonds. The van der Waals surface area contributed by atoms with Crippen molar-refractivity contribution in [2.24, 2.45) is 0 Å². The SMILES string of the molecule is c1ccc(C2(c3ccc(N(c4ccc(-c5ccc(-n6c7ccccc7c7ccccc76)cc5)cc4)c4ccc5c6ccccc6c6ccccc6c5c4)cc3)c3ccccc3-c3ccccc32)cc1. The number of nitrogens with zero attached hydrogens (tertiary/aromatic N) is 2. The Morgan fingerprint density at radius 1 is 0.275 bits per heavy atom. The Labute approximate surface area is 401 Å². The molecule has 13 aromatic rings. The van der Waals surface area contributed by atoms with Crippen molar-refractivity contribution in [1.29, 1.82) is 0 Å². The first kappa shape index (κ1) is 39.2. The molecule has 12 aromatic carbocycles. The summed E-state index contributed by atoms with van der Waals surface area (Å²) in [5, 5.41) is 10.1. The van der Waals surface area contributed by atoms with Gasteiger partial charge in [0, 0.05) is 33.5 Å². The first-order valence-corrected chi connectivity index (χ1v) is 23.9. The number of para-hydroxylation sites is 2. The molecule has 0 atom stereocenters. The summed E-state index contributed by atoms with van der Waals surface area (Å²) in [4.78, 5) is 2.42. The molecule has 0 N–H and O–H groups in total. The van der Waals surface area contributed by atoms with Gasteiger partial charge in [-0.3, -0.25) is 0 Å². The maximum Gasteiger partial charge on any atom is 0.0713 e. The molecule has 2 heteroatoms. The Balaban J connectivity index is 0.910. The minimum Gasteiger partial charge on any atom is -0.310 e. The number of hydrogen-bond acceptors (Lipinski definition) is 1. The molecule has 0 radical (unpaired) electrons. The van der Waals surface area contributed by atoms with Crippen LogP contribution in [-0.4, -0.2) is 4.57 Å². The van der Waals surface area contributed by atoms with Crippen LogP contribution < -0.4 is 4.90 Å². The molecule has 0 aliphatic heterocycles. The second kappa shape index (κ2) is 15.6. The molecule has 0 unspecified atom stereocenters. The quantitative estimate of drug-likeness (QED) is 0.145. The molecule has 322 valence electrons. The number of anilines is 3. The van der Waals surface area contributed by atoms with E-state index in [0.717, 1.165) is 22.7 Å². The fourth-order valence-electron chi connectivity index (χ4n) is 11.9. The van der Waals surface area contributed by atoms with Crippen LogP contribution in [0.3, 0.4) is 0 Å². The Morgan fingerprint density at radius 3 is 1.22 bits per heavy atom. The van der Waals surface area contributed by atoms with Gasteiger partial charge in [-0.1, -0.05) is 206 Å². The van der Waals surface area contributed by atoms with Crippen LogP contribution in [0.5, 0.6) is 0 Å². The Hall–Kier alpha value is -8.98. The first-order valence-electron chi connectivity index (χ1n) is 23.9. The van der Waals surface area contributed by atoms with Gasteiger partial charge < -0.3 is 9.47 Å². The summed E-state index contributed by atoms with van der Waals surface area (Å²) < 4.78 is 2.38. The summed E-state index contributed by atoms with van der Waals surface area (Å²) in [5.74, 6) is 0. The van der Waals surface area contributed by atoms with Crippen molar-refractivity contribution in [2.75, 3.05) is 4.90 Å². The van der Waals surface area contributed by atoms with Crippen LogP contribution in [0.15, 0.2) is 267 Å². The van der Waals surface area contributed by atoms with Crippen molar-refractivity contribution < 1.29 is 0 Å². The van der Waals surface area contributed by atoms with Crippen molar-refractivity contribution >= 4 is 71.2 Å². The fourth-order valence-corrected chi connectivity index (χ4v) is 11.9. The van der Waals surface area contributed by atoms with Crippen molar-refractivity contribution in [2.45, 2.75) is 5.41 Å². The van der Waals surface area contributed by atoms with Gasteiger partial charge in [-0.2, -0.15) is 0 Å². The van der Waals surface area contributed by atoms with E-state index in [2.05, 4.69) is 276 Å². The molecule has 0 saturated heterocycles. The van der Waals surface area contributed by atoms with Crippen molar-refractivity contribution in [3.63, 3.8) is 0 Å². The predicted octanol–water partition coefficient (Wildman–Crippen LogP) is 17.7. The summed E-state index contributed by atoms with van der Waals surface area (Å²) in [6.45, 7) is 0. The van der Waals surface area contributed by atoms with E-state index in [-0.39, 0.29) is 0 Å². The van der Waals surface area contributed by atoms with Crippen LogP contribution in [0.4, 0.5) is 17.1 Å². The maximum atomic E-state index is 2.42. The average molecular weight is 877 g/mol. The van der Waals surface area contributed by atoms with Gasteiger partial charge >= 0.3 is 0 Å². The number of hydrogen-bond donors (Lipinski definition) is 0. The van der Waals surface area contributed by atoms with Crippen molar-refractivity contribution in [3.8, 4) is 27.9 Å². The monoisotopic (exact) mass is 876 g/mol. The van der Waals surface area contributed by atoms with E-state index in [1.54, 1.807) is 0 Å². The highest BCUT2D eigenvalue weighted by molar-refractivity contribution is 6.25. The molecule has 0 fully saturated rings. The molecule has 2 nitrogen and oxygen atoms in total. The van der Waals surface area contributed by atoms with E-state index in [1.807, 2.05) is 0 Å². The number of rotatable bonds is 7. The molecule has 1 aromatic heterocycles. The fraction of sp³-hybridized carbons (Fsp3) is 0.0149. The Morgan fingerprint density at radius 2 is 0.667 bits per heavy atom. The van der Waals surface area contributed by atoms with Gasteiger partial charge in [0.15, 0.2) is 0 Å². The van der Waals surface area contributed by atoms with Crippen LogP contribution in [-0.2, 0) is 5.41 Å². The van der Waals surface area contributed by atoms with Crippen molar-refractivity contribution in [3.05, 3.63) is 289 Å². The Bertz CT molecular complexity index is 3970. The van der Waals surface area contributed by atoms with Gasteiger partial charge in [-0.15, -0.1) is 0 Å². The van der Waals surface area contributed by atoms with Crippen LogP contribution in [0, 0.1) is 0 Å². The lowest BCUT2D eigenvalue weighted by Crippen LogP contribution is -2.28. The van der Waals surface area contributed by atoms with Crippen LogP contribution >= 0.6 is 0 Å². The summed E-state index contributed by atoms with van der Waals surface area (Å²) in [7, 11) is 0. The third kappa shape index (κ3) is 5.92. The smallest absolute Gasteiger partial charge is 0.0713 e. The molecule has 0 bridgehead atoms. The minimum absolute atomic E-state index is 0.473. The van der Waals surface area contributed by atoms with E-state index >= 15 is 0 Å². The third-order valence-electron chi connectivity index (χ3n) is 14.9. The topological polar surface area (TPSA) is 8.17 Å². The largest absolute Gasteiger partial charge is 0.310 e. The van der Waals surface area contributed by atoms with Crippen LogP contribution in [0.1, 0.15) is 22.3 Å². The third-order valence-corrected chi connectivity index (χ3v) is 14.9. The molecule has 1 aliphatic carbocycles. The molecule has 0 saturated carbocycles. The van der Waals surface area contributed by atoms with E-state index < -0.39 is 5.41 Å². The summed E-state index contributed by atoms with van der Waals surface area (Å²) >= 11 is 0. The van der Waals surface area contributed by atoms with Gasteiger partial charge in [0.05, 0.1) is 16.4 Å². The molecule has 1 aliphatic rings. The Kier molecular flexibility index (Phi) is 8.84. The normalized spacial score (nSPS) is 12.8. The highest BCUT2D eigenvalue weighted by atomic mass is 15.1. The van der Waals surface area contributed by atoms with Gasteiger partial charge in [-0.05, 0) is 137 Å². The zero-order valence-corrected chi connectivity index (χ0v) is 37.8. The summed E-state index contributed by atoms with van der Waals surface area (Å²) in [5.41, 5.74) is 16.5. The van der Waals surface area contributed by atoms with Gasteiger partial charge in [0.1, 0.15) is 0 Å². The van der Waals surface area contributed by atoms with Crippen LogP contribution in [0.25, 0.3) is 82.1 Å². The minimum atomic E-state index is -0.473. The highest BCUT2D eigenvalue weighted by Gasteiger charge is 2.45. The van der Waals surface area contributed by atoms with Gasteiger partial charge in [0.25, 0.3) is 0 Å². The van der Waals surface area contributed by atoms with E-state index in [4.69, 9.17) is 0 Å². The average Bonchev–Trinajstić information content (AvgIpc) is 3.93. The first-order chi connectivity index (χ1) is 34.2. The molecular weight excluding hydrogens is 833 g/mol. The molecule has 0 spiro atoms. The maximum absolute atomic E-state index is 2.42.